The van der Waals surface area contributed by atoms with Gasteiger partial charge in [0.15, 0.2) is 0 Å². The highest BCUT2D eigenvalue weighted by Crippen LogP contribution is 2.29. The molecule has 0 saturated carbocycles. The van der Waals surface area contributed by atoms with E-state index < -0.39 is 5.60 Å². The van der Waals surface area contributed by atoms with Gasteiger partial charge in [0.05, 0.1) is 11.1 Å². The molecule has 1 saturated heterocycles. The Morgan fingerprint density at radius 2 is 2.11 bits per heavy atom. The molecule has 0 radical (unpaired) electrons. The molecule has 1 fully saturated rings. The van der Waals surface area contributed by atoms with Gasteiger partial charge >= 0.3 is 0 Å². The summed E-state index contributed by atoms with van der Waals surface area (Å²) in [7, 11) is 0. The molecule has 3 rings (SSSR count). The van der Waals surface area contributed by atoms with Crippen molar-refractivity contribution in [3.63, 3.8) is 0 Å². The Bertz CT molecular complexity index is 592. The molecular formula is C15H18N2O. The maximum Gasteiger partial charge on any atom is 0.132 e. The Morgan fingerprint density at radius 3 is 2.83 bits per heavy atom. The first-order valence-electron chi connectivity index (χ1n) is 6.39. The van der Waals surface area contributed by atoms with Crippen LogP contribution in [0.1, 0.15) is 18.9 Å². The highest BCUT2D eigenvalue weighted by Gasteiger charge is 2.32. The predicted octanol–water partition coefficient (Wildman–Crippen LogP) is 2.50. The summed E-state index contributed by atoms with van der Waals surface area (Å²) >= 11 is 0. The third-order valence-electron chi connectivity index (χ3n) is 3.64. The van der Waals surface area contributed by atoms with E-state index in [0.29, 0.717) is 6.54 Å². The lowest BCUT2D eigenvalue weighted by Crippen LogP contribution is -2.30. The fourth-order valence-corrected chi connectivity index (χ4v) is 2.66. The summed E-state index contributed by atoms with van der Waals surface area (Å²) in [5.74, 6) is 1.01. The minimum Gasteiger partial charge on any atom is -0.388 e. The molecule has 3 heteroatoms. The number of rotatable bonds is 1. The average molecular weight is 242 g/mol. The molecule has 0 amide bonds. The van der Waals surface area contributed by atoms with Crippen LogP contribution in [0.3, 0.4) is 0 Å². The Kier molecular flexibility index (Phi) is 2.52. The maximum absolute atomic E-state index is 10.1. The summed E-state index contributed by atoms with van der Waals surface area (Å²) in [6, 6.07) is 10.3. The first kappa shape index (κ1) is 11.5. The van der Waals surface area contributed by atoms with Crippen molar-refractivity contribution >= 4 is 16.7 Å². The molecule has 1 aromatic heterocycles. The molecule has 2 aromatic rings. The highest BCUT2D eigenvalue weighted by molar-refractivity contribution is 5.81. The highest BCUT2D eigenvalue weighted by atomic mass is 16.3. The molecule has 2 heterocycles. The molecule has 0 bridgehead atoms. The molecule has 1 aromatic carbocycles. The average Bonchev–Trinajstić information content (AvgIpc) is 2.68. The SMILES string of the molecule is Cc1cc2ccccc2nc1N1CCC(C)(O)C1. The Hall–Kier alpha value is -1.61. The second kappa shape index (κ2) is 3.95. The van der Waals surface area contributed by atoms with Crippen LogP contribution in [0.4, 0.5) is 5.82 Å². The molecule has 3 nitrogen and oxygen atoms in total. The molecule has 1 N–H and O–H groups in total. The van der Waals surface area contributed by atoms with Crippen molar-refractivity contribution in [2.24, 2.45) is 0 Å². The molecule has 0 aliphatic carbocycles. The monoisotopic (exact) mass is 242 g/mol. The minimum absolute atomic E-state index is 0.584. The number of anilines is 1. The second-order valence-electron chi connectivity index (χ2n) is 5.49. The van der Waals surface area contributed by atoms with Crippen LogP contribution in [0.15, 0.2) is 30.3 Å². The summed E-state index contributed by atoms with van der Waals surface area (Å²) in [6.07, 6.45) is 0.806. The number of para-hydroxylation sites is 1. The third-order valence-corrected chi connectivity index (χ3v) is 3.64. The first-order chi connectivity index (χ1) is 8.55. The van der Waals surface area contributed by atoms with Gasteiger partial charge in [-0.15, -0.1) is 0 Å². The van der Waals surface area contributed by atoms with Crippen LogP contribution in [-0.2, 0) is 0 Å². The predicted molar refractivity (Wildman–Crippen MR) is 73.9 cm³/mol. The van der Waals surface area contributed by atoms with Crippen molar-refractivity contribution in [1.29, 1.82) is 0 Å². The number of nitrogens with zero attached hydrogens (tertiary/aromatic N) is 2. The lowest BCUT2D eigenvalue weighted by Gasteiger charge is -2.22. The molecule has 1 aliphatic rings. The largest absolute Gasteiger partial charge is 0.388 e. The number of hydrogen-bond donors (Lipinski definition) is 1. The molecule has 94 valence electrons. The van der Waals surface area contributed by atoms with E-state index in [1.165, 1.54) is 10.9 Å². The minimum atomic E-state index is -0.584. The number of aromatic nitrogens is 1. The number of benzene rings is 1. The molecule has 1 atom stereocenters. The number of hydrogen-bond acceptors (Lipinski definition) is 3. The van der Waals surface area contributed by atoms with Crippen LogP contribution >= 0.6 is 0 Å². The van der Waals surface area contributed by atoms with E-state index in [0.717, 1.165) is 24.3 Å². The quantitative estimate of drug-likeness (QED) is 0.834. The van der Waals surface area contributed by atoms with Gasteiger partial charge in [-0.2, -0.15) is 0 Å². The number of aliphatic hydroxyl groups is 1. The Morgan fingerprint density at radius 1 is 1.33 bits per heavy atom. The van der Waals surface area contributed by atoms with Gasteiger partial charge in [-0.3, -0.25) is 0 Å². The standard InChI is InChI=1S/C15H18N2O/c1-11-9-12-5-3-4-6-13(12)16-14(11)17-8-7-15(2,18)10-17/h3-6,9,18H,7-8,10H2,1-2H3. The van der Waals surface area contributed by atoms with E-state index in [9.17, 15) is 5.11 Å². The first-order valence-corrected chi connectivity index (χ1v) is 6.39. The van der Waals surface area contributed by atoms with Crippen LogP contribution < -0.4 is 4.90 Å². The van der Waals surface area contributed by atoms with Crippen LogP contribution in [0.25, 0.3) is 10.9 Å². The third kappa shape index (κ3) is 1.95. The lowest BCUT2D eigenvalue weighted by molar-refractivity contribution is 0.0839. The summed E-state index contributed by atoms with van der Waals surface area (Å²) in [6.45, 7) is 5.52. The van der Waals surface area contributed by atoms with Crippen molar-refractivity contribution in [2.75, 3.05) is 18.0 Å². The van der Waals surface area contributed by atoms with Crippen LogP contribution in [0.5, 0.6) is 0 Å². The number of fused-ring (bicyclic) bond motifs is 1. The van der Waals surface area contributed by atoms with Crippen LogP contribution in [0, 0.1) is 6.92 Å². The van der Waals surface area contributed by atoms with Gasteiger partial charge in [-0.1, -0.05) is 18.2 Å². The van der Waals surface area contributed by atoms with E-state index in [4.69, 9.17) is 4.98 Å². The normalized spacial score (nSPS) is 23.8. The van der Waals surface area contributed by atoms with E-state index >= 15 is 0 Å². The molecule has 18 heavy (non-hydrogen) atoms. The van der Waals surface area contributed by atoms with Crippen molar-refractivity contribution in [3.05, 3.63) is 35.9 Å². The number of aryl methyl sites for hydroxylation is 1. The smallest absolute Gasteiger partial charge is 0.132 e. The van der Waals surface area contributed by atoms with E-state index in [1.807, 2.05) is 25.1 Å². The van der Waals surface area contributed by atoms with E-state index in [1.54, 1.807) is 0 Å². The lowest BCUT2D eigenvalue weighted by atomic mass is 10.1. The van der Waals surface area contributed by atoms with Gasteiger partial charge in [0.25, 0.3) is 0 Å². The van der Waals surface area contributed by atoms with Crippen LogP contribution in [-0.4, -0.2) is 28.8 Å². The van der Waals surface area contributed by atoms with Crippen molar-refractivity contribution in [2.45, 2.75) is 25.9 Å². The van der Waals surface area contributed by atoms with Gasteiger partial charge in [-0.25, -0.2) is 4.98 Å². The summed E-state index contributed by atoms with van der Waals surface area (Å²) in [4.78, 5) is 6.92. The Balaban J connectivity index is 2.04. The maximum atomic E-state index is 10.1. The van der Waals surface area contributed by atoms with Gasteiger partial charge in [-0.05, 0) is 38.0 Å². The summed E-state index contributed by atoms with van der Waals surface area (Å²) < 4.78 is 0. The van der Waals surface area contributed by atoms with E-state index in [-0.39, 0.29) is 0 Å². The summed E-state index contributed by atoms with van der Waals surface area (Å²) in [5.41, 5.74) is 1.61. The van der Waals surface area contributed by atoms with Crippen molar-refractivity contribution in [3.8, 4) is 0 Å². The van der Waals surface area contributed by atoms with Gasteiger partial charge in [0.2, 0.25) is 0 Å². The van der Waals surface area contributed by atoms with Crippen LogP contribution in [0.2, 0.25) is 0 Å². The molecule has 0 spiro atoms. The zero-order chi connectivity index (χ0) is 12.8. The topological polar surface area (TPSA) is 36.4 Å². The van der Waals surface area contributed by atoms with Crippen molar-refractivity contribution < 1.29 is 5.11 Å². The van der Waals surface area contributed by atoms with Gasteiger partial charge < -0.3 is 10.0 Å². The summed E-state index contributed by atoms with van der Waals surface area (Å²) in [5, 5.41) is 11.2. The fourth-order valence-electron chi connectivity index (χ4n) is 2.66. The fraction of sp³-hybridized carbons (Fsp3) is 0.400. The Labute approximate surface area is 107 Å². The number of β-amino-alcohol motifs (C(OH)–C–C–N with tert-alkyl or cyclic N) is 1. The molecule has 1 unspecified atom stereocenters. The van der Waals surface area contributed by atoms with Crippen molar-refractivity contribution in [1.82, 2.24) is 4.98 Å². The van der Waals surface area contributed by atoms with E-state index in [2.05, 4.69) is 24.0 Å². The van der Waals surface area contributed by atoms with Gasteiger partial charge in [0, 0.05) is 18.5 Å². The number of pyridine rings is 1. The molecular weight excluding hydrogens is 224 g/mol. The molecule has 1 aliphatic heterocycles. The van der Waals surface area contributed by atoms with Gasteiger partial charge in [0.1, 0.15) is 5.82 Å². The second-order valence-corrected chi connectivity index (χ2v) is 5.49. The zero-order valence-electron chi connectivity index (χ0n) is 10.8. The zero-order valence-corrected chi connectivity index (χ0v) is 10.8.